The van der Waals surface area contributed by atoms with Gasteiger partial charge < -0.3 is 5.73 Å². The summed E-state index contributed by atoms with van der Waals surface area (Å²) < 4.78 is 28.7. The molecule has 7 heteroatoms. The van der Waals surface area contributed by atoms with Crippen LogP contribution in [-0.4, -0.2) is 41.6 Å². The number of piperidine rings is 1. The van der Waals surface area contributed by atoms with Gasteiger partial charge in [-0.2, -0.15) is 9.40 Å². The molecule has 0 amide bonds. The van der Waals surface area contributed by atoms with Gasteiger partial charge in [0.05, 0.1) is 18.1 Å². The molecule has 1 aromatic heterocycles. The Kier molecular flexibility index (Phi) is 4.28. The topological polar surface area (TPSA) is 81.2 Å². The lowest BCUT2D eigenvalue weighted by Gasteiger charge is -2.33. The third-order valence-electron chi connectivity index (χ3n) is 4.03. The van der Waals surface area contributed by atoms with Gasteiger partial charge in [-0.15, -0.1) is 0 Å². The SMILES string of the molecule is NCC1CCCCN1S(=O)(=O)c1cnn(-c2ccccc2)c1. The lowest BCUT2D eigenvalue weighted by Crippen LogP contribution is -2.47. The van der Waals surface area contributed by atoms with E-state index in [1.54, 1.807) is 10.9 Å². The van der Waals surface area contributed by atoms with Crippen molar-refractivity contribution in [2.24, 2.45) is 5.73 Å². The molecule has 1 aliphatic heterocycles. The monoisotopic (exact) mass is 320 g/mol. The molecule has 6 nitrogen and oxygen atoms in total. The fourth-order valence-electron chi connectivity index (χ4n) is 2.82. The van der Waals surface area contributed by atoms with Crippen molar-refractivity contribution in [2.75, 3.05) is 13.1 Å². The Morgan fingerprint density at radius 2 is 2.00 bits per heavy atom. The van der Waals surface area contributed by atoms with Gasteiger partial charge in [0.1, 0.15) is 4.90 Å². The normalized spacial score (nSPS) is 20.1. The van der Waals surface area contributed by atoms with E-state index in [-0.39, 0.29) is 10.9 Å². The number of nitrogens with zero attached hydrogens (tertiary/aromatic N) is 3. The first-order valence-corrected chi connectivity index (χ1v) is 8.89. The molecule has 118 valence electrons. The van der Waals surface area contributed by atoms with E-state index in [0.717, 1.165) is 24.9 Å². The molecule has 1 aliphatic rings. The largest absolute Gasteiger partial charge is 0.329 e. The number of sulfonamides is 1. The molecule has 2 heterocycles. The molecule has 3 rings (SSSR count). The maximum absolute atomic E-state index is 12.8. The van der Waals surface area contributed by atoms with Gasteiger partial charge in [0.25, 0.3) is 0 Å². The number of para-hydroxylation sites is 1. The van der Waals surface area contributed by atoms with Crippen molar-refractivity contribution in [3.05, 3.63) is 42.7 Å². The minimum Gasteiger partial charge on any atom is -0.329 e. The Morgan fingerprint density at radius 1 is 1.23 bits per heavy atom. The fraction of sp³-hybridized carbons (Fsp3) is 0.400. The molecule has 0 radical (unpaired) electrons. The summed E-state index contributed by atoms with van der Waals surface area (Å²) >= 11 is 0. The summed E-state index contributed by atoms with van der Waals surface area (Å²) in [5.74, 6) is 0. The molecule has 1 atom stereocenters. The average molecular weight is 320 g/mol. The summed E-state index contributed by atoms with van der Waals surface area (Å²) in [5, 5.41) is 4.18. The zero-order valence-electron chi connectivity index (χ0n) is 12.3. The predicted molar refractivity (Wildman–Crippen MR) is 84.1 cm³/mol. The van der Waals surface area contributed by atoms with Gasteiger partial charge in [-0.05, 0) is 25.0 Å². The fourth-order valence-corrected chi connectivity index (χ4v) is 4.46. The molecular formula is C15H20N4O2S. The summed E-state index contributed by atoms with van der Waals surface area (Å²) in [5.41, 5.74) is 6.57. The molecular weight excluding hydrogens is 300 g/mol. The molecule has 2 aromatic rings. The van der Waals surface area contributed by atoms with Crippen LogP contribution in [0.2, 0.25) is 0 Å². The highest BCUT2D eigenvalue weighted by atomic mass is 32.2. The first-order chi connectivity index (χ1) is 10.6. The number of aromatic nitrogens is 2. The summed E-state index contributed by atoms with van der Waals surface area (Å²) in [6.45, 7) is 0.882. The maximum Gasteiger partial charge on any atom is 0.246 e. The maximum atomic E-state index is 12.8. The van der Waals surface area contributed by atoms with E-state index < -0.39 is 10.0 Å². The lowest BCUT2D eigenvalue weighted by atomic mass is 10.1. The van der Waals surface area contributed by atoms with E-state index in [1.807, 2.05) is 30.3 Å². The van der Waals surface area contributed by atoms with Crippen molar-refractivity contribution in [3.8, 4) is 5.69 Å². The van der Waals surface area contributed by atoms with Gasteiger partial charge in [-0.3, -0.25) is 0 Å². The molecule has 0 saturated carbocycles. The predicted octanol–water partition coefficient (Wildman–Crippen LogP) is 1.37. The van der Waals surface area contributed by atoms with E-state index in [4.69, 9.17) is 5.73 Å². The number of hydrogen-bond donors (Lipinski definition) is 1. The zero-order valence-corrected chi connectivity index (χ0v) is 13.1. The summed E-state index contributed by atoms with van der Waals surface area (Å²) in [4.78, 5) is 0.219. The van der Waals surface area contributed by atoms with Crippen LogP contribution in [0.4, 0.5) is 0 Å². The molecule has 0 aliphatic carbocycles. The smallest absolute Gasteiger partial charge is 0.246 e. The van der Waals surface area contributed by atoms with Crippen LogP contribution in [0.3, 0.4) is 0 Å². The zero-order chi connectivity index (χ0) is 15.6. The summed E-state index contributed by atoms with van der Waals surface area (Å²) in [6.07, 6.45) is 5.69. The molecule has 1 saturated heterocycles. The summed E-state index contributed by atoms with van der Waals surface area (Å²) in [7, 11) is -3.54. The van der Waals surface area contributed by atoms with E-state index >= 15 is 0 Å². The van der Waals surface area contributed by atoms with Crippen molar-refractivity contribution in [1.29, 1.82) is 0 Å². The van der Waals surface area contributed by atoms with E-state index in [1.165, 1.54) is 10.5 Å². The van der Waals surface area contributed by atoms with Crippen molar-refractivity contribution in [1.82, 2.24) is 14.1 Å². The first kappa shape index (κ1) is 15.2. The van der Waals surface area contributed by atoms with Crippen LogP contribution in [0.25, 0.3) is 5.69 Å². The van der Waals surface area contributed by atoms with Crippen molar-refractivity contribution in [3.63, 3.8) is 0 Å². The lowest BCUT2D eigenvalue weighted by molar-refractivity contribution is 0.257. The van der Waals surface area contributed by atoms with Gasteiger partial charge in [0.15, 0.2) is 0 Å². The Labute approximate surface area is 130 Å². The van der Waals surface area contributed by atoms with Gasteiger partial charge in [-0.25, -0.2) is 13.1 Å². The van der Waals surface area contributed by atoms with Gasteiger partial charge >= 0.3 is 0 Å². The molecule has 22 heavy (non-hydrogen) atoms. The van der Waals surface area contributed by atoms with E-state index in [2.05, 4.69) is 5.10 Å². The Morgan fingerprint density at radius 3 is 2.73 bits per heavy atom. The van der Waals surface area contributed by atoms with Crippen LogP contribution in [0.5, 0.6) is 0 Å². The molecule has 0 spiro atoms. The molecule has 1 aromatic carbocycles. The highest BCUT2D eigenvalue weighted by molar-refractivity contribution is 7.89. The van der Waals surface area contributed by atoms with Gasteiger partial charge in [-0.1, -0.05) is 24.6 Å². The number of rotatable bonds is 4. The van der Waals surface area contributed by atoms with E-state index in [0.29, 0.717) is 13.1 Å². The number of nitrogens with two attached hydrogens (primary N) is 1. The minimum atomic E-state index is -3.54. The highest BCUT2D eigenvalue weighted by Gasteiger charge is 2.33. The third-order valence-corrected chi connectivity index (χ3v) is 5.94. The molecule has 1 unspecified atom stereocenters. The average Bonchev–Trinajstić information content (AvgIpc) is 3.06. The van der Waals surface area contributed by atoms with Gasteiger partial charge in [0.2, 0.25) is 10.0 Å². The Bertz CT molecular complexity index is 727. The quantitative estimate of drug-likeness (QED) is 0.922. The molecule has 0 bridgehead atoms. The number of benzene rings is 1. The molecule has 1 fully saturated rings. The van der Waals surface area contributed by atoms with Crippen LogP contribution in [0.15, 0.2) is 47.6 Å². The molecule has 2 N–H and O–H groups in total. The van der Waals surface area contributed by atoms with Crippen LogP contribution < -0.4 is 5.73 Å². The first-order valence-electron chi connectivity index (χ1n) is 7.45. The minimum absolute atomic E-state index is 0.112. The van der Waals surface area contributed by atoms with Crippen LogP contribution in [-0.2, 0) is 10.0 Å². The van der Waals surface area contributed by atoms with Crippen molar-refractivity contribution in [2.45, 2.75) is 30.2 Å². The van der Waals surface area contributed by atoms with Crippen LogP contribution in [0.1, 0.15) is 19.3 Å². The van der Waals surface area contributed by atoms with Crippen molar-refractivity contribution < 1.29 is 8.42 Å². The Balaban J connectivity index is 1.91. The van der Waals surface area contributed by atoms with E-state index in [9.17, 15) is 8.42 Å². The second-order valence-electron chi connectivity index (χ2n) is 5.46. The summed E-state index contributed by atoms with van der Waals surface area (Å²) in [6, 6.07) is 9.34. The second-order valence-corrected chi connectivity index (χ2v) is 7.35. The van der Waals surface area contributed by atoms with Gasteiger partial charge in [0, 0.05) is 19.1 Å². The van der Waals surface area contributed by atoms with Crippen LogP contribution >= 0.6 is 0 Å². The standard InChI is InChI=1S/C15H20N4O2S/c16-10-14-8-4-5-9-19(14)22(20,21)15-11-17-18(12-15)13-6-2-1-3-7-13/h1-3,6-7,11-12,14H,4-5,8-10,16H2. The second kappa shape index (κ2) is 6.20. The van der Waals surface area contributed by atoms with Crippen LogP contribution in [0, 0.1) is 0 Å². The number of hydrogen-bond acceptors (Lipinski definition) is 4. The Hall–Kier alpha value is -1.70. The highest BCUT2D eigenvalue weighted by Crippen LogP contribution is 2.25. The van der Waals surface area contributed by atoms with Crippen molar-refractivity contribution >= 4 is 10.0 Å². The third kappa shape index (κ3) is 2.79.